The van der Waals surface area contributed by atoms with Gasteiger partial charge >= 0.3 is 0 Å². The number of anilines is 1. The Kier molecular flexibility index (Phi) is 6.99. The molecule has 1 fully saturated rings. The molecule has 0 aliphatic carbocycles. The van der Waals surface area contributed by atoms with Crippen LogP contribution in [0, 0.1) is 5.82 Å². The largest absolute Gasteiger partial charge is 0.330 e. The lowest BCUT2D eigenvalue weighted by molar-refractivity contribution is -0.116. The van der Waals surface area contributed by atoms with Gasteiger partial charge in [-0.25, -0.2) is 4.39 Å². The standard InChI is InChI=1S/C18H28FN3O/c1-2-4-18(23)21-17-13-15(5-6-16(17)19)14-7-11-22(12-8-14)10-3-9-20/h5-6,13-14H,2-4,7-12,20H2,1H3,(H,21,23). The Bertz CT molecular complexity index is 513. The van der Waals surface area contributed by atoms with Gasteiger partial charge in [0.05, 0.1) is 5.69 Å². The van der Waals surface area contributed by atoms with Crippen molar-refractivity contribution in [1.82, 2.24) is 4.90 Å². The molecular formula is C18H28FN3O. The SMILES string of the molecule is CCCC(=O)Nc1cc(C2CCN(CCCN)CC2)ccc1F. The molecule has 0 spiro atoms. The van der Waals surface area contributed by atoms with Crippen LogP contribution in [0.5, 0.6) is 0 Å². The van der Waals surface area contributed by atoms with Crippen LogP contribution in [0.25, 0.3) is 0 Å². The quantitative estimate of drug-likeness (QED) is 0.811. The molecule has 128 valence electrons. The molecule has 0 bridgehead atoms. The average Bonchev–Trinajstić information content (AvgIpc) is 2.56. The van der Waals surface area contributed by atoms with Crippen LogP contribution in [0.3, 0.4) is 0 Å². The van der Waals surface area contributed by atoms with Gasteiger partial charge in [-0.05, 0) is 75.5 Å². The maximum atomic E-state index is 13.9. The number of amides is 1. The van der Waals surface area contributed by atoms with Crippen molar-refractivity contribution in [1.29, 1.82) is 0 Å². The van der Waals surface area contributed by atoms with E-state index in [0.717, 1.165) is 57.4 Å². The van der Waals surface area contributed by atoms with E-state index >= 15 is 0 Å². The van der Waals surface area contributed by atoms with Gasteiger partial charge < -0.3 is 16.0 Å². The highest BCUT2D eigenvalue weighted by Crippen LogP contribution is 2.30. The van der Waals surface area contributed by atoms with Crippen molar-refractivity contribution in [3.63, 3.8) is 0 Å². The Morgan fingerprint density at radius 3 is 2.78 bits per heavy atom. The minimum absolute atomic E-state index is 0.125. The first-order valence-corrected chi connectivity index (χ1v) is 8.65. The molecule has 2 rings (SSSR count). The predicted molar refractivity (Wildman–Crippen MR) is 92.0 cm³/mol. The van der Waals surface area contributed by atoms with E-state index in [0.29, 0.717) is 18.0 Å². The van der Waals surface area contributed by atoms with Gasteiger partial charge in [0.2, 0.25) is 5.91 Å². The number of hydrogen-bond acceptors (Lipinski definition) is 3. The highest BCUT2D eigenvalue weighted by Gasteiger charge is 2.21. The molecule has 1 heterocycles. The summed E-state index contributed by atoms with van der Waals surface area (Å²) < 4.78 is 13.9. The number of carbonyl (C=O) groups is 1. The number of rotatable bonds is 7. The van der Waals surface area contributed by atoms with Crippen molar-refractivity contribution in [2.45, 2.75) is 44.9 Å². The second-order valence-electron chi connectivity index (χ2n) is 6.30. The third kappa shape index (κ3) is 5.29. The summed E-state index contributed by atoms with van der Waals surface area (Å²) in [6, 6.07) is 5.13. The van der Waals surface area contributed by atoms with Gasteiger partial charge in [0, 0.05) is 6.42 Å². The Hall–Kier alpha value is -1.46. The normalized spacial score (nSPS) is 16.5. The van der Waals surface area contributed by atoms with Crippen LogP contribution in [-0.4, -0.2) is 37.0 Å². The van der Waals surface area contributed by atoms with E-state index < -0.39 is 0 Å². The minimum Gasteiger partial charge on any atom is -0.330 e. The smallest absolute Gasteiger partial charge is 0.224 e. The van der Waals surface area contributed by atoms with Crippen LogP contribution in [0.15, 0.2) is 18.2 Å². The number of carbonyl (C=O) groups excluding carboxylic acids is 1. The molecule has 1 aliphatic heterocycles. The number of hydrogen-bond donors (Lipinski definition) is 2. The second kappa shape index (κ2) is 8.99. The molecule has 0 aromatic heterocycles. The zero-order valence-electron chi connectivity index (χ0n) is 14.0. The molecule has 1 amide bonds. The molecule has 0 saturated carbocycles. The van der Waals surface area contributed by atoms with Crippen molar-refractivity contribution in [3.05, 3.63) is 29.6 Å². The molecule has 5 heteroatoms. The lowest BCUT2D eigenvalue weighted by Gasteiger charge is -2.32. The van der Waals surface area contributed by atoms with E-state index in [2.05, 4.69) is 10.2 Å². The van der Waals surface area contributed by atoms with Crippen molar-refractivity contribution in [2.24, 2.45) is 5.73 Å². The van der Waals surface area contributed by atoms with Gasteiger partial charge in [-0.15, -0.1) is 0 Å². The third-order valence-electron chi connectivity index (χ3n) is 4.48. The third-order valence-corrected chi connectivity index (χ3v) is 4.48. The minimum atomic E-state index is -0.362. The summed E-state index contributed by atoms with van der Waals surface area (Å²) in [5, 5.41) is 2.69. The van der Waals surface area contributed by atoms with Gasteiger partial charge in [-0.3, -0.25) is 4.79 Å². The van der Waals surface area contributed by atoms with Crippen LogP contribution in [0.1, 0.15) is 50.5 Å². The summed E-state index contributed by atoms with van der Waals surface area (Å²) in [7, 11) is 0. The van der Waals surface area contributed by atoms with Crippen molar-refractivity contribution >= 4 is 11.6 Å². The molecule has 0 radical (unpaired) electrons. The maximum absolute atomic E-state index is 13.9. The van der Waals surface area contributed by atoms with Crippen LogP contribution in [0.4, 0.5) is 10.1 Å². The number of nitrogens with two attached hydrogens (primary N) is 1. The molecule has 4 nitrogen and oxygen atoms in total. The molecule has 0 atom stereocenters. The molecule has 0 unspecified atom stereocenters. The lowest BCUT2D eigenvalue weighted by atomic mass is 9.89. The van der Waals surface area contributed by atoms with Crippen molar-refractivity contribution in [3.8, 4) is 0 Å². The topological polar surface area (TPSA) is 58.4 Å². The Balaban J connectivity index is 1.97. The number of halogens is 1. The van der Waals surface area contributed by atoms with Crippen LogP contribution < -0.4 is 11.1 Å². The number of piperidine rings is 1. The van der Waals surface area contributed by atoms with E-state index in [1.165, 1.54) is 6.07 Å². The first-order chi connectivity index (χ1) is 11.1. The van der Waals surface area contributed by atoms with Gasteiger partial charge in [-0.1, -0.05) is 13.0 Å². The monoisotopic (exact) mass is 321 g/mol. The molecular weight excluding hydrogens is 293 g/mol. The van der Waals surface area contributed by atoms with E-state index in [1.54, 1.807) is 0 Å². The molecule has 1 saturated heterocycles. The highest BCUT2D eigenvalue weighted by molar-refractivity contribution is 5.90. The summed E-state index contributed by atoms with van der Waals surface area (Å²) in [5.41, 5.74) is 6.99. The molecule has 1 aromatic rings. The molecule has 1 aromatic carbocycles. The number of likely N-dealkylation sites (tertiary alicyclic amines) is 1. The molecule has 1 aliphatic rings. The lowest BCUT2D eigenvalue weighted by Crippen LogP contribution is -2.34. The second-order valence-corrected chi connectivity index (χ2v) is 6.30. The molecule has 23 heavy (non-hydrogen) atoms. The number of benzene rings is 1. The fraction of sp³-hybridized carbons (Fsp3) is 0.611. The summed E-state index contributed by atoms with van der Waals surface area (Å²) in [4.78, 5) is 14.1. The van der Waals surface area contributed by atoms with Crippen LogP contribution in [0.2, 0.25) is 0 Å². The summed E-state index contributed by atoms with van der Waals surface area (Å²) in [5.74, 6) is -0.0507. The number of nitrogens with one attached hydrogen (secondary N) is 1. The molecule has 3 N–H and O–H groups in total. The van der Waals surface area contributed by atoms with Crippen LogP contribution in [-0.2, 0) is 4.79 Å². The zero-order chi connectivity index (χ0) is 16.7. The summed E-state index contributed by atoms with van der Waals surface area (Å²) in [6.07, 6.45) is 4.35. The Morgan fingerprint density at radius 1 is 1.39 bits per heavy atom. The first kappa shape index (κ1) is 17.9. The van der Waals surface area contributed by atoms with Gasteiger partial charge in [-0.2, -0.15) is 0 Å². The fourth-order valence-electron chi connectivity index (χ4n) is 3.14. The summed E-state index contributed by atoms with van der Waals surface area (Å²) in [6.45, 7) is 5.84. The fourth-order valence-corrected chi connectivity index (χ4v) is 3.14. The first-order valence-electron chi connectivity index (χ1n) is 8.65. The Labute approximate surface area is 138 Å². The van der Waals surface area contributed by atoms with Crippen molar-refractivity contribution in [2.75, 3.05) is 31.5 Å². The van der Waals surface area contributed by atoms with E-state index in [9.17, 15) is 9.18 Å². The summed E-state index contributed by atoms with van der Waals surface area (Å²) >= 11 is 0. The van der Waals surface area contributed by atoms with Gasteiger partial charge in [0.15, 0.2) is 0 Å². The number of nitrogens with zero attached hydrogens (tertiary/aromatic N) is 1. The van der Waals surface area contributed by atoms with Crippen molar-refractivity contribution < 1.29 is 9.18 Å². The predicted octanol–water partition coefficient (Wildman–Crippen LogP) is 3.09. The maximum Gasteiger partial charge on any atom is 0.224 e. The average molecular weight is 321 g/mol. The van der Waals surface area contributed by atoms with E-state index in [1.807, 2.05) is 19.1 Å². The van der Waals surface area contributed by atoms with Crippen LogP contribution >= 0.6 is 0 Å². The highest BCUT2D eigenvalue weighted by atomic mass is 19.1. The van der Waals surface area contributed by atoms with E-state index in [-0.39, 0.29) is 11.7 Å². The van der Waals surface area contributed by atoms with Gasteiger partial charge in [0.1, 0.15) is 5.82 Å². The Morgan fingerprint density at radius 2 is 2.13 bits per heavy atom. The van der Waals surface area contributed by atoms with Gasteiger partial charge in [0.25, 0.3) is 0 Å². The zero-order valence-corrected chi connectivity index (χ0v) is 14.0. The van der Waals surface area contributed by atoms with E-state index in [4.69, 9.17) is 5.73 Å².